The van der Waals surface area contributed by atoms with E-state index in [1.807, 2.05) is 0 Å². The second kappa shape index (κ2) is 8.59. The van der Waals surface area contributed by atoms with Gasteiger partial charge < -0.3 is 19.3 Å². The van der Waals surface area contributed by atoms with Crippen LogP contribution in [0.2, 0.25) is 0 Å². The fraction of sp³-hybridized carbons (Fsp3) is 0.875. The van der Waals surface area contributed by atoms with Crippen molar-refractivity contribution in [2.45, 2.75) is 66.5 Å². The van der Waals surface area contributed by atoms with Crippen LogP contribution in [0.15, 0.2) is 0 Å². The number of methoxy groups -OCH3 is 1. The maximum absolute atomic E-state index is 13.2. The van der Waals surface area contributed by atoms with Gasteiger partial charge in [0.2, 0.25) is 0 Å². The zero-order valence-electron chi connectivity index (χ0n) is 15.0. The fourth-order valence-corrected chi connectivity index (χ4v) is 1.39. The molecule has 0 aromatic heterocycles. The molecule has 23 heavy (non-hydrogen) atoms. The Morgan fingerprint density at radius 2 is 1.65 bits per heavy atom. The van der Waals surface area contributed by atoms with Gasteiger partial charge in [0.1, 0.15) is 6.61 Å². The Kier molecular flexibility index (Phi) is 8.14. The number of alkyl halides is 1. The van der Waals surface area contributed by atoms with Crippen LogP contribution in [0.5, 0.6) is 0 Å². The van der Waals surface area contributed by atoms with Crippen molar-refractivity contribution in [1.29, 1.82) is 0 Å². The fourth-order valence-electron chi connectivity index (χ4n) is 1.39. The summed E-state index contributed by atoms with van der Waals surface area (Å²) in [4.78, 5) is 21.5. The SMILES string of the molecule is CC(C)(C)C(=O)O.COC1OC(COC(=O)C(C)(C)C)CC1F. The summed E-state index contributed by atoms with van der Waals surface area (Å²) in [6.07, 6.45) is -2.19. The topological polar surface area (TPSA) is 82.1 Å². The van der Waals surface area contributed by atoms with Crippen LogP contribution in [0, 0.1) is 10.8 Å². The third kappa shape index (κ3) is 8.27. The molecule has 6 nitrogen and oxygen atoms in total. The smallest absolute Gasteiger partial charge is 0.311 e. The number of aliphatic carboxylic acids is 1. The van der Waals surface area contributed by atoms with E-state index in [0.29, 0.717) is 0 Å². The van der Waals surface area contributed by atoms with Gasteiger partial charge in [-0.2, -0.15) is 0 Å². The summed E-state index contributed by atoms with van der Waals surface area (Å²) in [5, 5.41) is 8.25. The van der Waals surface area contributed by atoms with Crippen molar-refractivity contribution in [3.05, 3.63) is 0 Å². The summed E-state index contributed by atoms with van der Waals surface area (Å²) >= 11 is 0. The van der Waals surface area contributed by atoms with Crippen LogP contribution in [0.3, 0.4) is 0 Å². The molecule has 0 radical (unpaired) electrons. The molecule has 0 aromatic carbocycles. The van der Waals surface area contributed by atoms with Crippen LogP contribution < -0.4 is 0 Å². The molecule has 3 unspecified atom stereocenters. The van der Waals surface area contributed by atoms with E-state index in [4.69, 9.17) is 19.3 Å². The lowest BCUT2D eigenvalue weighted by molar-refractivity contribution is -0.166. The minimum Gasteiger partial charge on any atom is -0.481 e. The first kappa shape index (κ1) is 21.8. The monoisotopic (exact) mass is 336 g/mol. The van der Waals surface area contributed by atoms with Crippen molar-refractivity contribution in [2.75, 3.05) is 13.7 Å². The quantitative estimate of drug-likeness (QED) is 0.798. The molecule has 0 amide bonds. The highest BCUT2D eigenvalue weighted by Gasteiger charge is 2.36. The molecule has 1 aliphatic rings. The number of carboxylic acids is 1. The summed E-state index contributed by atoms with van der Waals surface area (Å²) in [5.41, 5.74) is -1.13. The summed E-state index contributed by atoms with van der Waals surface area (Å²) in [6.45, 7) is 10.4. The van der Waals surface area contributed by atoms with Crippen molar-refractivity contribution in [1.82, 2.24) is 0 Å². The van der Waals surface area contributed by atoms with Crippen LogP contribution in [0.4, 0.5) is 4.39 Å². The molecular formula is C16H29FO6. The van der Waals surface area contributed by atoms with Gasteiger partial charge >= 0.3 is 11.9 Å². The summed E-state index contributed by atoms with van der Waals surface area (Å²) in [6, 6.07) is 0. The Morgan fingerprint density at radius 3 is 1.96 bits per heavy atom. The maximum atomic E-state index is 13.2. The summed E-state index contributed by atoms with van der Waals surface area (Å²) in [7, 11) is 1.39. The highest BCUT2D eigenvalue weighted by molar-refractivity contribution is 5.75. The second-order valence-electron chi connectivity index (χ2n) is 7.52. The van der Waals surface area contributed by atoms with Crippen molar-refractivity contribution in [2.24, 2.45) is 10.8 Å². The lowest BCUT2D eigenvalue weighted by atomic mass is 9.97. The van der Waals surface area contributed by atoms with Gasteiger partial charge in [0.15, 0.2) is 12.5 Å². The van der Waals surface area contributed by atoms with Crippen LogP contribution in [0.1, 0.15) is 48.0 Å². The van der Waals surface area contributed by atoms with Gasteiger partial charge in [-0.05, 0) is 41.5 Å². The summed E-state index contributed by atoms with van der Waals surface area (Å²) < 4.78 is 28.3. The molecule has 0 aliphatic carbocycles. The Balaban J connectivity index is 0.000000585. The Labute approximate surface area is 137 Å². The normalized spacial score (nSPS) is 24.6. The molecule has 0 bridgehead atoms. The highest BCUT2D eigenvalue weighted by Crippen LogP contribution is 2.24. The van der Waals surface area contributed by atoms with Gasteiger partial charge in [-0.1, -0.05) is 0 Å². The number of carbonyl (C=O) groups is 2. The van der Waals surface area contributed by atoms with Crippen LogP contribution in [0.25, 0.3) is 0 Å². The molecule has 0 aromatic rings. The van der Waals surface area contributed by atoms with Crippen LogP contribution in [-0.4, -0.2) is 49.3 Å². The largest absolute Gasteiger partial charge is 0.481 e. The molecule has 1 N–H and O–H groups in total. The van der Waals surface area contributed by atoms with Gasteiger partial charge in [-0.15, -0.1) is 0 Å². The number of halogens is 1. The first-order valence-electron chi connectivity index (χ1n) is 7.52. The van der Waals surface area contributed by atoms with Gasteiger partial charge in [0.25, 0.3) is 0 Å². The average molecular weight is 336 g/mol. The van der Waals surface area contributed by atoms with Gasteiger partial charge in [0.05, 0.1) is 16.9 Å². The van der Waals surface area contributed by atoms with E-state index in [1.165, 1.54) is 7.11 Å². The van der Waals surface area contributed by atoms with E-state index in [0.717, 1.165) is 0 Å². The third-order valence-electron chi connectivity index (χ3n) is 3.00. The first-order chi connectivity index (χ1) is 10.3. The maximum Gasteiger partial charge on any atom is 0.311 e. The summed E-state index contributed by atoms with van der Waals surface area (Å²) in [5.74, 6) is -1.07. The molecule has 7 heteroatoms. The van der Waals surface area contributed by atoms with E-state index in [1.54, 1.807) is 41.5 Å². The van der Waals surface area contributed by atoms with Crippen LogP contribution in [-0.2, 0) is 23.8 Å². The predicted octanol–water partition coefficient (Wildman–Crippen LogP) is 2.79. The molecule has 1 fully saturated rings. The number of rotatable bonds is 3. The molecule has 3 atom stereocenters. The predicted molar refractivity (Wildman–Crippen MR) is 82.7 cm³/mol. The number of hydrogen-bond acceptors (Lipinski definition) is 5. The van der Waals surface area contributed by atoms with Gasteiger partial charge in [-0.25, -0.2) is 4.39 Å². The average Bonchev–Trinajstić information content (AvgIpc) is 2.74. The molecule has 1 rings (SSSR count). The molecule has 0 saturated carbocycles. The van der Waals surface area contributed by atoms with E-state index >= 15 is 0 Å². The van der Waals surface area contributed by atoms with E-state index in [2.05, 4.69) is 0 Å². The molecular weight excluding hydrogens is 307 g/mol. The third-order valence-corrected chi connectivity index (χ3v) is 3.00. The minimum atomic E-state index is -1.15. The zero-order valence-corrected chi connectivity index (χ0v) is 15.0. The van der Waals surface area contributed by atoms with Crippen molar-refractivity contribution in [3.63, 3.8) is 0 Å². The van der Waals surface area contributed by atoms with Gasteiger partial charge in [-0.3, -0.25) is 9.59 Å². The lowest BCUT2D eigenvalue weighted by Crippen LogP contribution is -2.27. The Bertz CT molecular complexity index is 396. The van der Waals surface area contributed by atoms with Crippen LogP contribution >= 0.6 is 0 Å². The standard InChI is InChI=1S/C11H19FO4.C5H10O2/c1-11(2,3)10(13)15-6-7-5-8(12)9(14-4)16-7;1-5(2,3)4(6)7/h7-9H,5-6H2,1-4H3;1-3H3,(H,6,7). The highest BCUT2D eigenvalue weighted by atomic mass is 19.1. The number of ether oxygens (including phenoxy) is 3. The van der Waals surface area contributed by atoms with Gasteiger partial charge in [0, 0.05) is 13.5 Å². The number of esters is 1. The Morgan fingerprint density at radius 1 is 1.17 bits per heavy atom. The van der Waals surface area contributed by atoms with Crippen molar-refractivity contribution < 1.29 is 33.3 Å². The van der Waals surface area contributed by atoms with Crippen molar-refractivity contribution >= 4 is 11.9 Å². The molecule has 1 aliphatic heterocycles. The number of carbonyl (C=O) groups excluding carboxylic acids is 1. The molecule has 1 saturated heterocycles. The van der Waals surface area contributed by atoms with E-state index in [9.17, 15) is 14.0 Å². The Hall–Kier alpha value is -1.21. The van der Waals surface area contributed by atoms with E-state index < -0.39 is 35.4 Å². The molecule has 0 spiro atoms. The minimum absolute atomic E-state index is 0.0797. The van der Waals surface area contributed by atoms with E-state index in [-0.39, 0.29) is 19.0 Å². The second-order valence-corrected chi connectivity index (χ2v) is 7.52. The first-order valence-corrected chi connectivity index (χ1v) is 7.52. The lowest BCUT2D eigenvalue weighted by Gasteiger charge is -2.18. The molecule has 1 heterocycles. The molecule has 136 valence electrons. The number of carboxylic acid groups (broad SMARTS) is 1. The zero-order chi connectivity index (χ0) is 18.4. The number of hydrogen-bond donors (Lipinski definition) is 1. The van der Waals surface area contributed by atoms with Crippen molar-refractivity contribution in [3.8, 4) is 0 Å².